The molecule has 1 saturated carbocycles. The van der Waals surface area contributed by atoms with Crippen LogP contribution in [0.4, 0.5) is 4.79 Å². The summed E-state index contributed by atoms with van der Waals surface area (Å²) < 4.78 is 5.33. The van der Waals surface area contributed by atoms with Gasteiger partial charge in [0.15, 0.2) is 0 Å². The van der Waals surface area contributed by atoms with E-state index in [1.54, 1.807) is 4.90 Å². The van der Waals surface area contributed by atoms with Crippen molar-refractivity contribution in [2.75, 3.05) is 13.1 Å². The van der Waals surface area contributed by atoms with Crippen LogP contribution < -0.4 is 0 Å². The summed E-state index contributed by atoms with van der Waals surface area (Å²) in [6, 6.07) is 0. The molecule has 1 saturated heterocycles. The van der Waals surface area contributed by atoms with Crippen molar-refractivity contribution < 1.29 is 19.4 Å². The molecule has 1 amide bonds. The Labute approximate surface area is 113 Å². The van der Waals surface area contributed by atoms with E-state index in [0.717, 1.165) is 0 Å². The average Bonchev–Trinajstić information content (AvgIpc) is 2.52. The van der Waals surface area contributed by atoms with Crippen molar-refractivity contribution in [1.29, 1.82) is 0 Å². The molecular weight excluding hydrogens is 246 g/mol. The maximum atomic E-state index is 11.9. The van der Waals surface area contributed by atoms with Crippen molar-refractivity contribution in [3.05, 3.63) is 0 Å². The number of hydrogen-bond acceptors (Lipinski definition) is 4. The van der Waals surface area contributed by atoms with Crippen molar-refractivity contribution >= 4 is 11.9 Å². The number of ketones is 1. The Bertz CT molecular complexity index is 377. The quantitative estimate of drug-likeness (QED) is 0.727. The van der Waals surface area contributed by atoms with E-state index in [2.05, 4.69) is 0 Å². The van der Waals surface area contributed by atoms with E-state index in [1.807, 2.05) is 20.8 Å². The van der Waals surface area contributed by atoms with Gasteiger partial charge in [0.2, 0.25) is 0 Å². The molecule has 5 heteroatoms. The largest absolute Gasteiger partial charge is 0.444 e. The SMILES string of the molecule is CC(C)(C)OC(=O)N1CCC2(CC1)CC(=O)CC2O. The first kappa shape index (κ1) is 14.3. The molecule has 5 nitrogen and oxygen atoms in total. The van der Waals surface area contributed by atoms with Crippen LogP contribution >= 0.6 is 0 Å². The number of carbonyl (C=O) groups excluding carboxylic acids is 2. The summed E-state index contributed by atoms with van der Waals surface area (Å²) in [4.78, 5) is 25.1. The normalized spacial score (nSPS) is 26.8. The Balaban J connectivity index is 1.92. The highest BCUT2D eigenvalue weighted by Crippen LogP contribution is 2.44. The molecule has 1 atom stereocenters. The number of aliphatic hydroxyl groups excluding tert-OH is 1. The highest BCUT2D eigenvalue weighted by molar-refractivity contribution is 5.82. The fraction of sp³-hybridized carbons (Fsp3) is 0.857. The van der Waals surface area contributed by atoms with Crippen LogP contribution in [0.2, 0.25) is 0 Å². The standard InChI is InChI=1S/C14H23NO4/c1-13(2,3)19-12(18)15-6-4-14(5-7-15)9-10(16)8-11(14)17/h11,17H,4-9H2,1-3H3. The minimum absolute atomic E-state index is 0.137. The van der Waals surface area contributed by atoms with Gasteiger partial charge in [0.1, 0.15) is 11.4 Å². The minimum Gasteiger partial charge on any atom is -0.444 e. The number of amides is 1. The second-order valence-electron chi connectivity index (χ2n) is 6.77. The number of hydrogen-bond donors (Lipinski definition) is 1. The van der Waals surface area contributed by atoms with Gasteiger partial charge in [-0.25, -0.2) is 4.79 Å². The number of likely N-dealkylation sites (tertiary alicyclic amines) is 1. The maximum absolute atomic E-state index is 11.9. The predicted molar refractivity (Wildman–Crippen MR) is 69.7 cm³/mol. The van der Waals surface area contributed by atoms with Crippen LogP contribution in [0.3, 0.4) is 0 Å². The molecule has 2 rings (SSSR count). The molecular formula is C14H23NO4. The topological polar surface area (TPSA) is 66.8 Å². The van der Waals surface area contributed by atoms with Crippen LogP contribution in [0.15, 0.2) is 0 Å². The lowest BCUT2D eigenvalue weighted by atomic mass is 9.75. The molecule has 1 aliphatic carbocycles. The Morgan fingerprint density at radius 3 is 2.37 bits per heavy atom. The lowest BCUT2D eigenvalue weighted by Gasteiger charge is -2.41. The fourth-order valence-corrected chi connectivity index (χ4v) is 2.99. The average molecular weight is 269 g/mol. The lowest BCUT2D eigenvalue weighted by molar-refractivity contribution is -0.118. The smallest absolute Gasteiger partial charge is 0.410 e. The van der Waals surface area contributed by atoms with E-state index in [0.29, 0.717) is 32.4 Å². The Kier molecular flexibility index (Phi) is 3.60. The molecule has 0 aromatic heterocycles. The van der Waals surface area contributed by atoms with Crippen LogP contribution in [0.1, 0.15) is 46.5 Å². The van der Waals surface area contributed by atoms with Crippen molar-refractivity contribution in [1.82, 2.24) is 4.90 Å². The van der Waals surface area contributed by atoms with Gasteiger partial charge < -0.3 is 14.7 Å². The number of Topliss-reactive ketones (excluding diaryl/α,β-unsaturated/α-hetero) is 1. The zero-order chi connectivity index (χ0) is 14.3. The zero-order valence-corrected chi connectivity index (χ0v) is 11.9. The van der Waals surface area contributed by atoms with Gasteiger partial charge in [-0.2, -0.15) is 0 Å². The summed E-state index contributed by atoms with van der Waals surface area (Å²) in [6.45, 7) is 6.64. The highest BCUT2D eigenvalue weighted by atomic mass is 16.6. The van der Waals surface area contributed by atoms with E-state index in [9.17, 15) is 14.7 Å². The third kappa shape index (κ3) is 3.08. The van der Waals surface area contributed by atoms with E-state index in [1.165, 1.54) is 0 Å². The second kappa shape index (κ2) is 4.78. The number of nitrogens with zero attached hydrogens (tertiary/aromatic N) is 1. The van der Waals surface area contributed by atoms with Crippen LogP contribution in [-0.4, -0.2) is 46.7 Å². The second-order valence-corrected chi connectivity index (χ2v) is 6.77. The molecule has 19 heavy (non-hydrogen) atoms. The summed E-state index contributed by atoms with van der Waals surface area (Å²) in [7, 11) is 0. The number of aliphatic hydroxyl groups is 1. The van der Waals surface area contributed by atoms with Gasteiger partial charge >= 0.3 is 6.09 Å². The number of rotatable bonds is 0. The predicted octanol–water partition coefficient (Wildman–Crippen LogP) is 1.73. The first-order valence-corrected chi connectivity index (χ1v) is 6.90. The zero-order valence-electron chi connectivity index (χ0n) is 11.9. The molecule has 1 heterocycles. The van der Waals surface area contributed by atoms with Crippen LogP contribution in [0, 0.1) is 5.41 Å². The summed E-state index contributed by atoms with van der Waals surface area (Å²) in [5.41, 5.74) is -0.787. The van der Waals surface area contributed by atoms with Gasteiger partial charge in [0.05, 0.1) is 6.10 Å². The Morgan fingerprint density at radius 1 is 1.37 bits per heavy atom. The summed E-state index contributed by atoms with van der Waals surface area (Å²) in [5, 5.41) is 10.0. The molecule has 1 aliphatic heterocycles. The third-order valence-corrected chi connectivity index (χ3v) is 4.09. The molecule has 1 spiro atoms. The molecule has 108 valence electrons. The number of piperidine rings is 1. The van der Waals surface area contributed by atoms with Gasteiger partial charge in [-0.05, 0) is 33.6 Å². The van der Waals surface area contributed by atoms with Crippen molar-refractivity contribution in [2.24, 2.45) is 5.41 Å². The molecule has 0 aromatic carbocycles. The number of carbonyl (C=O) groups is 2. The fourth-order valence-electron chi connectivity index (χ4n) is 2.99. The molecule has 2 fully saturated rings. The lowest BCUT2D eigenvalue weighted by Crippen LogP contribution is -2.47. The Morgan fingerprint density at radius 2 is 1.95 bits per heavy atom. The summed E-state index contributed by atoms with van der Waals surface area (Å²) >= 11 is 0. The van der Waals surface area contributed by atoms with Crippen LogP contribution in [0.25, 0.3) is 0 Å². The van der Waals surface area contributed by atoms with E-state index in [-0.39, 0.29) is 23.7 Å². The summed E-state index contributed by atoms with van der Waals surface area (Å²) in [5.74, 6) is 0.137. The first-order valence-electron chi connectivity index (χ1n) is 6.90. The molecule has 1 N–H and O–H groups in total. The highest BCUT2D eigenvalue weighted by Gasteiger charge is 2.48. The van der Waals surface area contributed by atoms with Crippen molar-refractivity contribution in [2.45, 2.75) is 58.2 Å². The maximum Gasteiger partial charge on any atom is 0.410 e. The third-order valence-electron chi connectivity index (χ3n) is 4.09. The van der Waals surface area contributed by atoms with Crippen molar-refractivity contribution in [3.63, 3.8) is 0 Å². The van der Waals surface area contributed by atoms with Crippen LogP contribution in [0.5, 0.6) is 0 Å². The van der Waals surface area contributed by atoms with E-state index < -0.39 is 11.7 Å². The molecule has 1 unspecified atom stereocenters. The molecule has 2 aliphatic rings. The monoisotopic (exact) mass is 269 g/mol. The molecule has 0 aromatic rings. The van der Waals surface area contributed by atoms with Crippen LogP contribution in [-0.2, 0) is 9.53 Å². The van der Waals surface area contributed by atoms with Gasteiger partial charge in [0, 0.05) is 31.3 Å². The summed E-state index contributed by atoms with van der Waals surface area (Å²) in [6.07, 6.45) is 1.24. The van der Waals surface area contributed by atoms with E-state index in [4.69, 9.17) is 4.74 Å². The first-order chi connectivity index (χ1) is 8.72. The van der Waals surface area contributed by atoms with E-state index >= 15 is 0 Å². The van der Waals surface area contributed by atoms with Crippen molar-refractivity contribution in [3.8, 4) is 0 Å². The van der Waals surface area contributed by atoms with Gasteiger partial charge in [-0.3, -0.25) is 4.79 Å². The minimum atomic E-state index is -0.541. The molecule has 0 bridgehead atoms. The van der Waals surface area contributed by atoms with Gasteiger partial charge in [-0.15, -0.1) is 0 Å². The van der Waals surface area contributed by atoms with Gasteiger partial charge in [-0.1, -0.05) is 0 Å². The number of ether oxygens (including phenoxy) is 1. The Hall–Kier alpha value is -1.10. The molecule has 0 radical (unpaired) electrons. The van der Waals surface area contributed by atoms with Gasteiger partial charge in [0.25, 0.3) is 0 Å².